The summed E-state index contributed by atoms with van der Waals surface area (Å²) in [6.45, 7) is 3.19. The van der Waals surface area contributed by atoms with Crippen LogP contribution in [0.2, 0.25) is 0 Å². The van der Waals surface area contributed by atoms with Gasteiger partial charge in [-0.2, -0.15) is 0 Å². The summed E-state index contributed by atoms with van der Waals surface area (Å²) >= 11 is 3.61. The minimum Gasteiger partial charge on any atom is -0.493 e. The van der Waals surface area contributed by atoms with Crippen molar-refractivity contribution in [2.24, 2.45) is 5.92 Å². The second-order valence-corrected chi connectivity index (χ2v) is 6.66. The van der Waals surface area contributed by atoms with Crippen molar-refractivity contribution in [3.05, 3.63) is 22.2 Å². The van der Waals surface area contributed by atoms with Gasteiger partial charge in [-0.1, -0.05) is 0 Å². The third-order valence-corrected chi connectivity index (χ3v) is 4.54. The fourth-order valence-electron chi connectivity index (χ4n) is 2.48. The van der Waals surface area contributed by atoms with Gasteiger partial charge in [0.1, 0.15) is 0 Å². The van der Waals surface area contributed by atoms with E-state index in [2.05, 4.69) is 33.4 Å². The first-order chi connectivity index (χ1) is 10.3. The minimum atomic E-state index is 0.484. The molecule has 2 aliphatic rings. The smallest absolute Gasteiger partial charge is 0.175 e. The summed E-state index contributed by atoms with van der Waals surface area (Å²) in [5.74, 6) is 2.06. The van der Waals surface area contributed by atoms with Crippen molar-refractivity contribution in [3.63, 3.8) is 0 Å². The van der Waals surface area contributed by atoms with Crippen molar-refractivity contribution in [1.29, 1.82) is 0 Å². The molecule has 2 fully saturated rings. The molecular weight excluding hydrogens is 334 g/mol. The van der Waals surface area contributed by atoms with Crippen LogP contribution >= 0.6 is 15.9 Å². The molecular formula is C16H22BrNO3. The van der Waals surface area contributed by atoms with Crippen LogP contribution in [0.3, 0.4) is 0 Å². The molecule has 5 heteroatoms. The van der Waals surface area contributed by atoms with Gasteiger partial charge in [-0.05, 0) is 52.9 Å². The summed E-state index contributed by atoms with van der Waals surface area (Å²) in [5, 5.41) is 3.51. The van der Waals surface area contributed by atoms with E-state index in [0.29, 0.717) is 18.6 Å². The van der Waals surface area contributed by atoms with Gasteiger partial charge in [0.15, 0.2) is 11.5 Å². The predicted octanol–water partition coefficient (Wildman–Crippen LogP) is 3.13. The SMILES string of the molecule is COc1cc(CNC2CC2)cc(Br)c1OCC1CCOC1. The molecule has 1 atom stereocenters. The van der Waals surface area contributed by atoms with E-state index in [0.717, 1.165) is 42.2 Å². The molecule has 21 heavy (non-hydrogen) atoms. The van der Waals surface area contributed by atoms with Crippen molar-refractivity contribution in [1.82, 2.24) is 5.32 Å². The lowest BCUT2D eigenvalue weighted by Crippen LogP contribution is -2.16. The van der Waals surface area contributed by atoms with Crippen molar-refractivity contribution in [2.75, 3.05) is 26.9 Å². The maximum Gasteiger partial charge on any atom is 0.175 e. The highest BCUT2D eigenvalue weighted by atomic mass is 79.9. The highest BCUT2D eigenvalue weighted by Crippen LogP contribution is 2.37. The second kappa shape index (κ2) is 6.99. The lowest BCUT2D eigenvalue weighted by atomic mass is 10.1. The number of methoxy groups -OCH3 is 1. The van der Waals surface area contributed by atoms with E-state index in [1.807, 2.05) is 0 Å². The van der Waals surface area contributed by atoms with Gasteiger partial charge in [-0.25, -0.2) is 0 Å². The normalized spacial score (nSPS) is 21.5. The average Bonchev–Trinajstić information content (AvgIpc) is 3.17. The molecule has 0 aromatic heterocycles. The Balaban J connectivity index is 1.65. The minimum absolute atomic E-state index is 0.484. The standard InChI is InChI=1S/C16H22BrNO3/c1-19-15-7-12(8-18-13-2-3-13)6-14(17)16(15)21-10-11-4-5-20-9-11/h6-7,11,13,18H,2-5,8-10H2,1H3. The lowest BCUT2D eigenvalue weighted by Gasteiger charge is -2.16. The largest absolute Gasteiger partial charge is 0.493 e. The first kappa shape index (κ1) is 15.1. The molecule has 0 radical (unpaired) electrons. The molecule has 1 N–H and O–H groups in total. The average molecular weight is 356 g/mol. The third-order valence-electron chi connectivity index (χ3n) is 3.95. The molecule has 1 aromatic carbocycles. The Morgan fingerprint density at radius 1 is 1.33 bits per heavy atom. The molecule has 1 aromatic rings. The molecule has 4 nitrogen and oxygen atoms in total. The first-order valence-corrected chi connectivity index (χ1v) is 8.36. The van der Waals surface area contributed by atoms with Crippen LogP contribution in [0.25, 0.3) is 0 Å². The van der Waals surface area contributed by atoms with Gasteiger partial charge < -0.3 is 19.5 Å². The fourth-order valence-corrected chi connectivity index (χ4v) is 3.08. The van der Waals surface area contributed by atoms with Crippen LogP contribution in [0.1, 0.15) is 24.8 Å². The quantitative estimate of drug-likeness (QED) is 0.815. The van der Waals surface area contributed by atoms with E-state index >= 15 is 0 Å². The number of rotatable bonds is 7. The van der Waals surface area contributed by atoms with Crippen molar-refractivity contribution in [3.8, 4) is 11.5 Å². The molecule has 116 valence electrons. The second-order valence-electron chi connectivity index (χ2n) is 5.80. The maximum atomic E-state index is 5.96. The van der Waals surface area contributed by atoms with Crippen LogP contribution in [0, 0.1) is 5.92 Å². The molecule has 1 saturated heterocycles. The molecule has 0 bridgehead atoms. The van der Waals surface area contributed by atoms with E-state index in [-0.39, 0.29) is 0 Å². The molecule has 0 spiro atoms. The molecule has 1 aliphatic heterocycles. The fraction of sp³-hybridized carbons (Fsp3) is 0.625. The number of ether oxygens (including phenoxy) is 3. The molecule has 0 amide bonds. The van der Waals surface area contributed by atoms with E-state index in [4.69, 9.17) is 14.2 Å². The topological polar surface area (TPSA) is 39.7 Å². The summed E-state index contributed by atoms with van der Waals surface area (Å²) in [5.41, 5.74) is 1.21. The van der Waals surface area contributed by atoms with Gasteiger partial charge >= 0.3 is 0 Å². The summed E-state index contributed by atoms with van der Waals surface area (Å²) in [6.07, 6.45) is 3.66. The monoisotopic (exact) mass is 355 g/mol. The maximum absolute atomic E-state index is 5.96. The van der Waals surface area contributed by atoms with E-state index in [1.165, 1.54) is 18.4 Å². The van der Waals surface area contributed by atoms with Crippen LogP contribution in [0.5, 0.6) is 11.5 Å². The van der Waals surface area contributed by atoms with Crippen molar-refractivity contribution < 1.29 is 14.2 Å². The number of hydrogen-bond acceptors (Lipinski definition) is 4. The Kier molecular flexibility index (Phi) is 5.03. The molecule has 1 heterocycles. The van der Waals surface area contributed by atoms with Crippen LogP contribution < -0.4 is 14.8 Å². The number of hydrogen-bond donors (Lipinski definition) is 1. The van der Waals surface area contributed by atoms with Gasteiger partial charge in [0, 0.05) is 25.1 Å². The number of nitrogens with one attached hydrogen (secondary N) is 1. The zero-order chi connectivity index (χ0) is 14.7. The number of benzene rings is 1. The van der Waals surface area contributed by atoms with E-state index < -0.39 is 0 Å². The summed E-state index contributed by atoms with van der Waals surface area (Å²) in [6, 6.07) is 4.87. The molecule has 1 saturated carbocycles. The lowest BCUT2D eigenvalue weighted by molar-refractivity contribution is 0.165. The summed E-state index contributed by atoms with van der Waals surface area (Å²) in [7, 11) is 1.69. The zero-order valence-corrected chi connectivity index (χ0v) is 13.9. The Labute approximate surface area is 134 Å². The van der Waals surface area contributed by atoms with Gasteiger partial charge in [0.25, 0.3) is 0 Å². The van der Waals surface area contributed by atoms with E-state index in [9.17, 15) is 0 Å². The van der Waals surface area contributed by atoms with Crippen LogP contribution in [0.4, 0.5) is 0 Å². The molecule has 1 aliphatic carbocycles. The van der Waals surface area contributed by atoms with Gasteiger partial charge in [0.05, 0.1) is 24.8 Å². The number of halogens is 1. The summed E-state index contributed by atoms with van der Waals surface area (Å²) < 4.78 is 17.8. The zero-order valence-electron chi connectivity index (χ0n) is 12.4. The van der Waals surface area contributed by atoms with E-state index in [1.54, 1.807) is 7.11 Å². The molecule has 3 rings (SSSR count). The van der Waals surface area contributed by atoms with Gasteiger partial charge in [-0.3, -0.25) is 0 Å². The Morgan fingerprint density at radius 2 is 2.19 bits per heavy atom. The van der Waals surface area contributed by atoms with Crippen molar-refractivity contribution in [2.45, 2.75) is 31.8 Å². The predicted molar refractivity (Wildman–Crippen MR) is 85.0 cm³/mol. The van der Waals surface area contributed by atoms with Crippen LogP contribution in [-0.2, 0) is 11.3 Å². The van der Waals surface area contributed by atoms with Gasteiger partial charge in [-0.15, -0.1) is 0 Å². The first-order valence-electron chi connectivity index (χ1n) is 7.56. The third kappa shape index (κ3) is 4.11. The highest BCUT2D eigenvalue weighted by Gasteiger charge is 2.21. The van der Waals surface area contributed by atoms with Crippen LogP contribution in [-0.4, -0.2) is 33.0 Å². The Morgan fingerprint density at radius 3 is 2.86 bits per heavy atom. The van der Waals surface area contributed by atoms with Crippen molar-refractivity contribution >= 4 is 15.9 Å². The summed E-state index contributed by atoms with van der Waals surface area (Å²) in [4.78, 5) is 0. The Bertz CT molecular complexity index is 485. The highest BCUT2D eigenvalue weighted by molar-refractivity contribution is 9.10. The Hall–Kier alpha value is -0.780. The molecule has 1 unspecified atom stereocenters. The van der Waals surface area contributed by atoms with Crippen LogP contribution in [0.15, 0.2) is 16.6 Å². The van der Waals surface area contributed by atoms with Gasteiger partial charge in [0.2, 0.25) is 0 Å².